The smallest absolute Gasteiger partial charge is 0.258 e. The van der Waals surface area contributed by atoms with E-state index < -0.39 is 15.6 Å². The molecule has 1 saturated carbocycles. The second-order valence-corrected chi connectivity index (χ2v) is 7.18. The predicted molar refractivity (Wildman–Crippen MR) is 74.3 cm³/mol. The summed E-state index contributed by atoms with van der Waals surface area (Å²) in [4.78, 5) is 6.77. The van der Waals surface area contributed by atoms with Crippen molar-refractivity contribution < 1.29 is 8.42 Å². The molecule has 110 valence electrons. The molecule has 1 aromatic heterocycles. The Bertz CT molecular complexity index is 607. The van der Waals surface area contributed by atoms with Crippen LogP contribution in [-0.2, 0) is 16.4 Å². The van der Waals surface area contributed by atoms with Crippen molar-refractivity contribution in [3.05, 3.63) is 12.0 Å². The van der Waals surface area contributed by atoms with E-state index in [1.165, 1.54) is 6.20 Å². The highest BCUT2D eigenvalue weighted by Gasteiger charge is 2.38. The first-order valence-corrected chi connectivity index (χ1v) is 8.38. The van der Waals surface area contributed by atoms with Crippen LogP contribution in [0.2, 0.25) is 0 Å². The molecule has 1 aliphatic carbocycles. The molecular formula is C13H20N4O2S. The number of nitrogens with one attached hydrogen (secondary N) is 2. The maximum atomic E-state index is 12.3. The monoisotopic (exact) mass is 296 g/mol. The van der Waals surface area contributed by atoms with Gasteiger partial charge in [0.1, 0.15) is 11.4 Å². The zero-order valence-electron chi connectivity index (χ0n) is 11.8. The summed E-state index contributed by atoms with van der Waals surface area (Å²) in [6.45, 7) is 4.01. The Morgan fingerprint density at radius 2 is 2.20 bits per heavy atom. The molecule has 1 aromatic rings. The molecule has 0 saturated heterocycles. The average molecular weight is 296 g/mol. The third kappa shape index (κ3) is 3.02. The molecule has 1 heterocycles. The zero-order chi connectivity index (χ0) is 14.8. The van der Waals surface area contributed by atoms with Gasteiger partial charge in [0.05, 0.1) is 12.3 Å². The van der Waals surface area contributed by atoms with Crippen molar-refractivity contribution in [1.82, 2.24) is 14.7 Å². The van der Waals surface area contributed by atoms with Gasteiger partial charge < -0.3 is 4.98 Å². The molecule has 20 heavy (non-hydrogen) atoms. The fourth-order valence-electron chi connectivity index (χ4n) is 2.46. The van der Waals surface area contributed by atoms with Crippen molar-refractivity contribution in [3.63, 3.8) is 0 Å². The highest BCUT2D eigenvalue weighted by Crippen LogP contribution is 2.32. The van der Waals surface area contributed by atoms with Gasteiger partial charge in [0.2, 0.25) is 0 Å². The summed E-state index contributed by atoms with van der Waals surface area (Å²) in [5.41, 5.74) is -0.983. The van der Waals surface area contributed by atoms with Crippen LogP contribution in [0, 0.1) is 17.2 Å². The summed E-state index contributed by atoms with van der Waals surface area (Å²) >= 11 is 0. The lowest BCUT2D eigenvalue weighted by Gasteiger charge is -2.33. The van der Waals surface area contributed by atoms with Crippen molar-refractivity contribution in [2.45, 2.75) is 56.5 Å². The summed E-state index contributed by atoms with van der Waals surface area (Å²) in [5, 5.41) is 9.42. The van der Waals surface area contributed by atoms with Crippen LogP contribution in [-0.4, -0.2) is 23.9 Å². The Morgan fingerprint density at radius 1 is 1.55 bits per heavy atom. The van der Waals surface area contributed by atoms with Gasteiger partial charge in [0.25, 0.3) is 10.0 Å². The summed E-state index contributed by atoms with van der Waals surface area (Å²) < 4.78 is 27.3. The van der Waals surface area contributed by atoms with Gasteiger partial charge in [-0.25, -0.2) is 13.4 Å². The third-order valence-corrected chi connectivity index (χ3v) is 5.35. The van der Waals surface area contributed by atoms with E-state index in [2.05, 4.69) is 27.7 Å². The van der Waals surface area contributed by atoms with Gasteiger partial charge >= 0.3 is 0 Å². The molecule has 1 fully saturated rings. The predicted octanol–water partition coefficient (Wildman–Crippen LogP) is 1.72. The highest BCUT2D eigenvalue weighted by molar-refractivity contribution is 7.89. The Hall–Kier alpha value is -1.39. The highest BCUT2D eigenvalue weighted by atomic mass is 32.2. The van der Waals surface area contributed by atoms with Crippen molar-refractivity contribution in [3.8, 4) is 6.07 Å². The first kappa shape index (κ1) is 15.0. The van der Waals surface area contributed by atoms with Crippen LogP contribution in [0.5, 0.6) is 0 Å². The number of imidazole rings is 1. The fourth-order valence-corrected chi connectivity index (χ4v) is 3.78. The van der Waals surface area contributed by atoms with E-state index in [0.717, 1.165) is 12.8 Å². The Balaban J connectivity index is 2.20. The summed E-state index contributed by atoms with van der Waals surface area (Å²) in [6, 6.07) is 2.16. The second kappa shape index (κ2) is 5.54. The fraction of sp³-hybridized carbons (Fsp3) is 0.692. The number of nitrogens with zero attached hydrogens (tertiary/aromatic N) is 2. The van der Waals surface area contributed by atoms with E-state index in [1.807, 2.05) is 6.92 Å². The van der Waals surface area contributed by atoms with Crippen molar-refractivity contribution in [2.75, 3.05) is 0 Å². The van der Waals surface area contributed by atoms with Crippen LogP contribution >= 0.6 is 0 Å². The minimum Gasteiger partial charge on any atom is -0.332 e. The first-order valence-electron chi connectivity index (χ1n) is 6.90. The minimum absolute atomic E-state index is 0.0302. The van der Waals surface area contributed by atoms with Gasteiger partial charge in [-0.1, -0.05) is 13.8 Å². The number of rotatable bonds is 4. The van der Waals surface area contributed by atoms with Gasteiger partial charge in [0, 0.05) is 6.42 Å². The van der Waals surface area contributed by atoms with E-state index in [9.17, 15) is 13.7 Å². The molecule has 0 aliphatic heterocycles. The second-order valence-electron chi connectivity index (χ2n) is 5.53. The molecule has 0 atom stereocenters. The van der Waals surface area contributed by atoms with Crippen molar-refractivity contribution >= 4 is 10.0 Å². The number of sulfonamides is 1. The molecule has 1 aliphatic rings. The van der Waals surface area contributed by atoms with Crippen molar-refractivity contribution in [2.24, 2.45) is 5.92 Å². The van der Waals surface area contributed by atoms with Crippen LogP contribution in [0.4, 0.5) is 0 Å². The van der Waals surface area contributed by atoms with E-state index in [4.69, 9.17) is 0 Å². The van der Waals surface area contributed by atoms with Crippen LogP contribution in [0.1, 0.15) is 45.4 Å². The molecule has 0 aromatic carbocycles. The molecule has 7 heteroatoms. The van der Waals surface area contributed by atoms with Crippen molar-refractivity contribution in [1.29, 1.82) is 5.26 Å². The molecule has 0 radical (unpaired) electrons. The number of aromatic amines is 1. The maximum Gasteiger partial charge on any atom is 0.258 e. The van der Waals surface area contributed by atoms with Crippen LogP contribution in [0.3, 0.4) is 0 Å². The van der Waals surface area contributed by atoms with E-state index >= 15 is 0 Å². The number of aromatic nitrogens is 2. The SMILES string of the molecule is CCc1ncc(S(=O)(=O)NC2(C#N)CCC(C)CC2)[nH]1. The molecule has 6 nitrogen and oxygen atoms in total. The summed E-state index contributed by atoms with van der Waals surface area (Å²) in [6.07, 6.45) is 4.77. The topological polar surface area (TPSA) is 98.6 Å². The average Bonchev–Trinajstić information content (AvgIpc) is 2.91. The molecular weight excluding hydrogens is 276 g/mol. The molecule has 0 unspecified atom stereocenters. The van der Waals surface area contributed by atoms with Crippen LogP contribution < -0.4 is 4.72 Å². The summed E-state index contributed by atoms with van der Waals surface area (Å²) in [7, 11) is -3.73. The Morgan fingerprint density at radius 3 is 2.70 bits per heavy atom. The zero-order valence-corrected chi connectivity index (χ0v) is 12.6. The molecule has 0 bridgehead atoms. The standard InChI is InChI=1S/C13H20N4O2S/c1-3-11-15-8-12(16-11)20(18,19)17-13(9-14)6-4-10(2)5-7-13/h8,10,17H,3-7H2,1-2H3,(H,15,16). The minimum atomic E-state index is -3.73. The van der Waals surface area contributed by atoms with Gasteiger partial charge in [-0.05, 0) is 31.6 Å². The normalized spacial score (nSPS) is 27.1. The molecule has 0 amide bonds. The lowest BCUT2D eigenvalue weighted by molar-refractivity contribution is 0.277. The van der Waals surface area contributed by atoms with Gasteiger partial charge in [-0.15, -0.1) is 0 Å². The quantitative estimate of drug-likeness (QED) is 0.883. The number of H-pyrrole nitrogens is 1. The van der Waals surface area contributed by atoms with Gasteiger partial charge in [-0.2, -0.15) is 9.98 Å². The Kier molecular flexibility index (Phi) is 4.16. The molecule has 0 spiro atoms. The third-order valence-electron chi connectivity index (χ3n) is 3.90. The lowest BCUT2D eigenvalue weighted by Crippen LogP contribution is -2.49. The number of aryl methyl sites for hydroxylation is 1. The van der Waals surface area contributed by atoms with Gasteiger partial charge in [0.15, 0.2) is 5.03 Å². The maximum absolute atomic E-state index is 12.3. The van der Waals surface area contributed by atoms with E-state index in [-0.39, 0.29) is 5.03 Å². The van der Waals surface area contributed by atoms with Crippen LogP contribution in [0.15, 0.2) is 11.2 Å². The lowest BCUT2D eigenvalue weighted by atomic mass is 9.79. The van der Waals surface area contributed by atoms with Crippen LogP contribution in [0.25, 0.3) is 0 Å². The Labute approximate surface area is 119 Å². The van der Waals surface area contributed by atoms with E-state index in [0.29, 0.717) is 31.0 Å². The van der Waals surface area contributed by atoms with Gasteiger partial charge in [-0.3, -0.25) is 0 Å². The molecule has 2 N–H and O–H groups in total. The number of hydrogen-bond acceptors (Lipinski definition) is 4. The number of nitriles is 1. The number of hydrogen-bond donors (Lipinski definition) is 2. The molecule has 2 rings (SSSR count). The van der Waals surface area contributed by atoms with E-state index in [1.54, 1.807) is 0 Å². The summed E-state index contributed by atoms with van der Waals surface area (Å²) in [5.74, 6) is 1.16. The first-order chi connectivity index (χ1) is 9.41. The largest absolute Gasteiger partial charge is 0.332 e.